The van der Waals surface area contributed by atoms with Crippen LogP contribution in [0.25, 0.3) is 10.2 Å². The molecule has 4 aromatic heterocycles. The molecule has 0 bridgehead atoms. The first-order chi connectivity index (χ1) is 14.7. The van der Waals surface area contributed by atoms with Gasteiger partial charge in [-0.15, -0.1) is 47.5 Å². The van der Waals surface area contributed by atoms with Crippen LogP contribution >= 0.6 is 59.2 Å². The van der Waals surface area contributed by atoms with Gasteiger partial charge in [-0.05, 0) is 36.6 Å². The first-order valence-corrected chi connectivity index (χ1v) is 11.7. The van der Waals surface area contributed by atoms with Gasteiger partial charge in [0.15, 0.2) is 16.7 Å². The number of hydrogen-bond acceptors (Lipinski definition) is 8. The minimum absolute atomic E-state index is 0. The Kier molecular flexibility index (Phi) is 8.33. The van der Waals surface area contributed by atoms with Gasteiger partial charge in [0.1, 0.15) is 5.75 Å². The molecule has 0 aliphatic carbocycles. The zero-order chi connectivity index (χ0) is 20.3. The first kappa shape index (κ1) is 24.3. The quantitative estimate of drug-likeness (QED) is 0.244. The molecule has 5 rings (SSSR count). The summed E-state index contributed by atoms with van der Waals surface area (Å²) in [6.07, 6.45) is 3.69. The smallest absolute Gasteiger partial charge is 0.188 e. The van der Waals surface area contributed by atoms with Crippen molar-refractivity contribution in [3.63, 3.8) is 0 Å². The second-order valence-electron chi connectivity index (χ2n) is 6.40. The Balaban J connectivity index is 0.00000144. The number of aromatic nitrogens is 3. The van der Waals surface area contributed by atoms with E-state index >= 15 is 0 Å². The van der Waals surface area contributed by atoms with Crippen molar-refractivity contribution in [2.75, 3.05) is 5.32 Å². The van der Waals surface area contributed by atoms with E-state index in [1.807, 2.05) is 73.2 Å². The fourth-order valence-corrected chi connectivity index (χ4v) is 5.41. The molecule has 0 fully saturated rings. The number of fused-ring (bicyclic) bond motifs is 1. The number of pyridine rings is 2. The number of thiazole rings is 1. The van der Waals surface area contributed by atoms with Crippen LogP contribution < -0.4 is 10.1 Å². The van der Waals surface area contributed by atoms with Crippen LogP contribution in [0.5, 0.6) is 11.5 Å². The normalized spacial score (nSPS) is 10.3. The molecule has 1 N–H and O–H groups in total. The van der Waals surface area contributed by atoms with Crippen LogP contribution in [-0.4, -0.2) is 15.0 Å². The second-order valence-corrected chi connectivity index (χ2v) is 9.29. The Morgan fingerprint density at radius 1 is 1.00 bits per heavy atom. The molecule has 0 spiro atoms. The number of aryl methyl sites for hydroxylation is 1. The molecular formula is C22H18Cl2N4OS3. The van der Waals surface area contributed by atoms with Crippen LogP contribution in [0, 0.1) is 6.92 Å². The largest absolute Gasteiger partial charge is 0.453 e. The van der Waals surface area contributed by atoms with Gasteiger partial charge < -0.3 is 10.1 Å². The molecule has 0 unspecified atom stereocenters. The van der Waals surface area contributed by atoms with Gasteiger partial charge in [0.05, 0.1) is 15.9 Å². The third kappa shape index (κ3) is 5.51. The van der Waals surface area contributed by atoms with Gasteiger partial charge in [0, 0.05) is 33.6 Å². The van der Waals surface area contributed by atoms with E-state index in [1.54, 1.807) is 34.4 Å². The molecule has 0 saturated carbocycles. The Bertz CT molecular complexity index is 1310. The molecule has 10 heteroatoms. The Morgan fingerprint density at radius 3 is 2.62 bits per heavy atom. The molecule has 0 aliphatic heterocycles. The number of ether oxygens (including phenoxy) is 1. The van der Waals surface area contributed by atoms with Crippen LogP contribution in [0.3, 0.4) is 0 Å². The molecular weight excluding hydrogens is 503 g/mol. The van der Waals surface area contributed by atoms with Crippen molar-refractivity contribution in [2.24, 2.45) is 0 Å². The highest BCUT2D eigenvalue weighted by Crippen LogP contribution is 2.39. The minimum Gasteiger partial charge on any atom is -0.453 e. The van der Waals surface area contributed by atoms with E-state index in [9.17, 15) is 0 Å². The van der Waals surface area contributed by atoms with Crippen LogP contribution in [0.4, 0.5) is 10.9 Å². The summed E-state index contributed by atoms with van der Waals surface area (Å²) in [5, 5.41) is 8.13. The van der Waals surface area contributed by atoms with Crippen molar-refractivity contribution < 1.29 is 4.74 Å². The van der Waals surface area contributed by atoms with Gasteiger partial charge in [-0.3, -0.25) is 4.98 Å². The summed E-state index contributed by atoms with van der Waals surface area (Å²) < 4.78 is 7.34. The third-order valence-electron chi connectivity index (χ3n) is 4.18. The number of thiophene rings is 1. The lowest BCUT2D eigenvalue weighted by atomic mass is 10.3. The lowest BCUT2D eigenvalue weighted by Crippen LogP contribution is -1.97. The minimum atomic E-state index is 0. The average Bonchev–Trinajstić information content (AvgIpc) is 3.40. The standard InChI is InChI=1S/C22H16N4OS3.2ClH/c1-14-13-29-22(25-14)26-21-18(27-15-5-3-2-4-6-15)11-16(12-24-21)30-19-7-9-23-17-8-10-28-20(17)19;;/h2-13H,1H3,(H,24,25,26);2*1H. The number of halogens is 2. The molecule has 0 atom stereocenters. The van der Waals surface area contributed by atoms with Crippen LogP contribution in [0.1, 0.15) is 5.69 Å². The molecule has 5 aromatic rings. The zero-order valence-corrected chi connectivity index (χ0v) is 20.8. The summed E-state index contributed by atoms with van der Waals surface area (Å²) in [4.78, 5) is 15.7. The van der Waals surface area contributed by atoms with E-state index in [0.29, 0.717) is 11.6 Å². The number of nitrogens with zero attached hydrogens (tertiary/aromatic N) is 3. The number of anilines is 2. The Labute approximate surface area is 210 Å². The van der Waals surface area contributed by atoms with Crippen molar-refractivity contribution in [1.29, 1.82) is 0 Å². The molecule has 5 nitrogen and oxygen atoms in total. The summed E-state index contributed by atoms with van der Waals surface area (Å²) in [6.45, 7) is 1.97. The van der Waals surface area contributed by atoms with Gasteiger partial charge in [-0.1, -0.05) is 30.0 Å². The van der Waals surface area contributed by atoms with Crippen molar-refractivity contribution >= 4 is 80.4 Å². The number of rotatable bonds is 6. The molecule has 4 heterocycles. The lowest BCUT2D eigenvalue weighted by Gasteiger charge is -2.12. The zero-order valence-electron chi connectivity index (χ0n) is 16.7. The summed E-state index contributed by atoms with van der Waals surface area (Å²) in [6, 6.07) is 15.8. The summed E-state index contributed by atoms with van der Waals surface area (Å²) >= 11 is 4.89. The highest BCUT2D eigenvalue weighted by Gasteiger charge is 2.13. The fourth-order valence-electron chi connectivity index (χ4n) is 2.84. The molecule has 32 heavy (non-hydrogen) atoms. The van der Waals surface area contributed by atoms with Gasteiger partial charge in [0.25, 0.3) is 0 Å². The van der Waals surface area contributed by atoms with Crippen molar-refractivity contribution in [3.05, 3.63) is 77.4 Å². The van der Waals surface area contributed by atoms with Crippen molar-refractivity contribution in [3.8, 4) is 11.5 Å². The molecule has 0 radical (unpaired) electrons. The van der Waals surface area contributed by atoms with E-state index in [1.165, 1.54) is 4.70 Å². The molecule has 0 amide bonds. The SMILES string of the molecule is Cc1csc(Nc2ncc(Sc3ccnc4ccsc34)cc2Oc2ccccc2)n1.Cl.Cl. The fraction of sp³-hybridized carbons (Fsp3) is 0.0455. The van der Waals surface area contributed by atoms with Gasteiger partial charge in [-0.25, -0.2) is 9.97 Å². The highest BCUT2D eigenvalue weighted by molar-refractivity contribution is 7.99. The van der Waals surface area contributed by atoms with E-state index in [-0.39, 0.29) is 24.8 Å². The van der Waals surface area contributed by atoms with E-state index in [2.05, 4.69) is 25.6 Å². The maximum atomic E-state index is 6.17. The molecule has 164 valence electrons. The third-order valence-corrected chi connectivity index (χ3v) is 7.14. The topological polar surface area (TPSA) is 59.9 Å². The molecule has 1 aromatic carbocycles. The number of hydrogen-bond donors (Lipinski definition) is 1. The van der Waals surface area contributed by atoms with Crippen LogP contribution in [-0.2, 0) is 0 Å². The summed E-state index contributed by atoms with van der Waals surface area (Å²) in [5.74, 6) is 2.04. The number of para-hydroxylation sites is 1. The lowest BCUT2D eigenvalue weighted by molar-refractivity contribution is 0.481. The van der Waals surface area contributed by atoms with Crippen LogP contribution in [0.2, 0.25) is 0 Å². The Hall–Kier alpha value is -2.36. The predicted molar refractivity (Wildman–Crippen MR) is 139 cm³/mol. The Morgan fingerprint density at radius 2 is 1.84 bits per heavy atom. The van der Waals surface area contributed by atoms with Gasteiger partial charge in [-0.2, -0.15) is 0 Å². The van der Waals surface area contributed by atoms with Gasteiger partial charge in [0.2, 0.25) is 0 Å². The first-order valence-electron chi connectivity index (χ1n) is 9.17. The van der Waals surface area contributed by atoms with E-state index < -0.39 is 0 Å². The highest BCUT2D eigenvalue weighted by atomic mass is 35.5. The van der Waals surface area contributed by atoms with E-state index in [0.717, 1.165) is 31.9 Å². The molecule has 0 saturated heterocycles. The number of benzene rings is 1. The summed E-state index contributed by atoms with van der Waals surface area (Å²) in [5.41, 5.74) is 1.98. The van der Waals surface area contributed by atoms with Crippen LogP contribution in [0.15, 0.2) is 81.5 Å². The van der Waals surface area contributed by atoms with Gasteiger partial charge >= 0.3 is 0 Å². The van der Waals surface area contributed by atoms with E-state index in [4.69, 9.17) is 4.74 Å². The average molecular weight is 522 g/mol. The maximum Gasteiger partial charge on any atom is 0.188 e. The predicted octanol–water partition coefficient (Wildman–Crippen LogP) is 7.99. The van der Waals surface area contributed by atoms with Crippen molar-refractivity contribution in [2.45, 2.75) is 16.7 Å². The number of nitrogens with one attached hydrogen (secondary N) is 1. The second kappa shape index (κ2) is 11.0. The molecule has 0 aliphatic rings. The monoisotopic (exact) mass is 520 g/mol. The summed E-state index contributed by atoms with van der Waals surface area (Å²) in [7, 11) is 0. The maximum absolute atomic E-state index is 6.17. The van der Waals surface area contributed by atoms with Crippen molar-refractivity contribution in [1.82, 2.24) is 15.0 Å².